The van der Waals surface area contributed by atoms with Crippen LogP contribution in [0.4, 0.5) is 0 Å². The van der Waals surface area contributed by atoms with Gasteiger partial charge in [-0.15, -0.1) is 0 Å². The van der Waals surface area contributed by atoms with Gasteiger partial charge in [0.1, 0.15) is 11.0 Å². The number of carbonyl (C=O) groups excluding carboxylic acids is 4. The molecule has 3 heterocycles. The highest BCUT2D eigenvalue weighted by molar-refractivity contribution is 6.31. The molecule has 2 aliphatic rings. The summed E-state index contributed by atoms with van der Waals surface area (Å²) in [6.07, 6.45) is -0.309. The first-order chi connectivity index (χ1) is 26.3. The highest BCUT2D eigenvalue weighted by Crippen LogP contribution is 2.43. The number of carbonyl (C=O) groups is 4. The molecule has 3 aromatic rings. The van der Waals surface area contributed by atoms with Gasteiger partial charge in [0.15, 0.2) is 0 Å². The maximum Gasteiger partial charge on any atom is 0.337 e. The van der Waals surface area contributed by atoms with E-state index in [0.717, 1.165) is 0 Å². The SMILES string of the molecule is CCOC(=O)C1=C(COCCN)NC(C)=C(C(=O)OC)C1c1ccccc1Cl.COC(=O)C1=C(C)NC(C)=C(C(=O)OC(C)C)C1c1cccc2nonc12. The Bertz CT molecular complexity index is 2070. The van der Waals surface area contributed by atoms with E-state index in [4.69, 9.17) is 45.6 Å². The van der Waals surface area contributed by atoms with E-state index in [1.165, 1.54) is 14.2 Å². The number of rotatable bonds is 12. The van der Waals surface area contributed by atoms with Gasteiger partial charge < -0.3 is 40.1 Å². The second-order valence-corrected chi connectivity index (χ2v) is 13.0. The number of methoxy groups -OCH3 is 2. The van der Waals surface area contributed by atoms with Crippen LogP contribution in [0.5, 0.6) is 0 Å². The molecule has 55 heavy (non-hydrogen) atoms. The maximum absolute atomic E-state index is 12.9. The molecule has 0 spiro atoms. The highest BCUT2D eigenvalue weighted by atomic mass is 35.5. The Labute approximate surface area is 323 Å². The fraction of sp³-hybridized carbons (Fsp3) is 0.385. The van der Waals surface area contributed by atoms with Crippen molar-refractivity contribution in [2.45, 2.75) is 59.5 Å². The number of hydrogen-bond donors (Lipinski definition) is 3. The number of halogens is 1. The molecule has 1 aromatic heterocycles. The number of dihydropyridines is 2. The molecule has 16 heteroatoms. The van der Waals surface area contributed by atoms with E-state index < -0.39 is 35.7 Å². The lowest BCUT2D eigenvalue weighted by molar-refractivity contribution is -0.143. The molecule has 15 nitrogen and oxygen atoms in total. The van der Waals surface area contributed by atoms with Crippen molar-refractivity contribution in [1.82, 2.24) is 20.9 Å². The predicted octanol–water partition coefficient (Wildman–Crippen LogP) is 4.85. The molecular formula is C39H46ClN5O10. The van der Waals surface area contributed by atoms with Crippen molar-refractivity contribution < 1.29 is 47.5 Å². The third-order valence-corrected chi connectivity index (χ3v) is 8.97. The Morgan fingerprint density at radius 1 is 0.800 bits per heavy atom. The van der Waals surface area contributed by atoms with Crippen molar-refractivity contribution in [3.63, 3.8) is 0 Å². The molecule has 2 atom stereocenters. The number of hydrogen-bond acceptors (Lipinski definition) is 15. The van der Waals surface area contributed by atoms with Crippen LogP contribution in [0, 0.1) is 0 Å². The molecule has 5 rings (SSSR count). The van der Waals surface area contributed by atoms with Gasteiger partial charge in [0.25, 0.3) is 0 Å². The van der Waals surface area contributed by atoms with E-state index in [2.05, 4.69) is 20.9 Å². The molecule has 4 N–H and O–H groups in total. The number of esters is 4. The topological polar surface area (TPSA) is 203 Å². The molecule has 0 saturated heterocycles. The summed E-state index contributed by atoms with van der Waals surface area (Å²) in [5.74, 6) is -3.64. The number of nitrogens with zero attached hydrogens (tertiary/aromatic N) is 2. The number of fused-ring (bicyclic) bond motifs is 1. The molecule has 0 aliphatic carbocycles. The lowest BCUT2D eigenvalue weighted by Crippen LogP contribution is -2.35. The van der Waals surface area contributed by atoms with Gasteiger partial charge >= 0.3 is 23.9 Å². The van der Waals surface area contributed by atoms with Gasteiger partial charge in [0.05, 0.1) is 80.0 Å². The predicted molar refractivity (Wildman–Crippen MR) is 202 cm³/mol. The van der Waals surface area contributed by atoms with E-state index in [-0.39, 0.29) is 24.9 Å². The van der Waals surface area contributed by atoms with Crippen molar-refractivity contribution >= 4 is 46.5 Å². The van der Waals surface area contributed by atoms with Crippen molar-refractivity contribution in [2.75, 3.05) is 40.6 Å². The minimum absolute atomic E-state index is 0.109. The number of ether oxygens (including phenoxy) is 5. The molecule has 2 aromatic carbocycles. The second-order valence-electron chi connectivity index (χ2n) is 12.6. The van der Waals surface area contributed by atoms with E-state index in [1.54, 1.807) is 84.0 Å². The van der Waals surface area contributed by atoms with Gasteiger partial charge in [0.2, 0.25) is 0 Å². The van der Waals surface area contributed by atoms with Crippen molar-refractivity contribution in [3.8, 4) is 0 Å². The van der Waals surface area contributed by atoms with Crippen molar-refractivity contribution in [3.05, 3.63) is 104 Å². The molecular weight excluding hydrogens is 734 g/mol. The van der Waals surface area contributed by atoms with Crippen LogP contribution in [0.3, 0.4) is 0 Å². The number of nitrogens with one attached hydrogen (secondary N) is 2. The fourth-order valence-electron chi connectivity index (χ4n) is 6.41. The van der Waals surface area contributed by atoms with Crippen LogP contribution in [-0.4, -0.2) is 80.9 Å². The first-order valence-electron chi connectivity index (χ1n) is 17.5. The lowest BCUT2D eigenvalue weighted by atomic mass is 9.80. The summed E-state index contributed by atoms with van der Waals surface area (Å²) in [5.41, 5.74) is 11.2. The summed E-state index contributed by atoms with van der Waals surface area (Å²) in [6, 6.07) is 12.3. The normalized spacial score (nSPS) is 17.0. The number of aromatic nitrogens is 2. The fourth-order valence-corrected chi connectivity index (χ4v) is 6.66. The van der Waals surface area contributed by atoms with Gasteiger partial charge in [0, 0.05) is 28.7 Å². The third kappa shape index (κ3) is 9.42. The molecule has 2 unspecified atom stereocenters. The van der Waals surface area contributed by atoms with Gasteiger partial charge in [-0.1, -0.05) is 41.9 Å². The third-order valence-electron chi connectivity index (χ3n) is 8.63. The maximum atomic E-state index is 12.9. The average molecular weight is 780 g/mol. The number of benzene rings is 2. The summed E-state index contributed by atoms with van der Waals surface area (Å²) in [5, 5.41) is 14.4. The Morgan fingerprint density at radius 3 is 1.96 bits per heavy atom. The number of nitrogens with two attached hydrogens (primary N) is 1. The summed E-state index contributed by atoms with van der Waals surface area (Å²) >= 11 is 6.42. The van der Waals surface area contributed by atoms with Crippen molar-refractivity contribution in [1.29, 1.82) is 0 Å². The zero-order chi connectivity index (χ0) is 40.4. The zero-order valence-corrected chi connectivity index (χ0v) is 32.8. The first-order valence-corrected chi connectivity index (χ1v) is 17.9. The molecule has 0 amide bonds. The van der Waals surface area contributed by atoms with E-state index >= 15 is 0 Å². The second kappa shape index (κ2) is 19.2. The molecule has 0 bridgehead atoms. The molecule has 0 fully saturated rings. The van der Waals surface area contributed by atoms with Gasteiger partial charge in [-0.05, 0) is 75.1 Å². The van der Waals surface area contributed by atoms with Crippen LogP contribution in [0.15, 0.2) is 92.2 Å². The van der Waals surface area contributed by atoms with Crippen LogP contribution in [0.1, 0.15) is 64.5 Å². The quantitative estimate of drug-likeness (QED) is 0.128. The van der Waals surface area contributed by atoms with Crippen LogP contribution in [0.25, 0.3) is 11.0 Å². The van der Waals surface area contributed by atoms with Crippen molar-refractivity contribution in [2.24, 2.45) is 5.73 Å². The van der Waals surface area contributed by atoms with Crippen LogP contribution in [0.2, 0.25) is 5.02 Å². The summed E-state index contributed by atoms with van der Waals surface area (Å²) in [6.45, 7) is 11.5. The minimum atomic E-state index is -0.752. The Hall–Kier alpha value is -5.51. The Balaban J connectivity index is 0.000000245. The van der Waals surface area contributed by atoms with Gasteiger partial charge in [-0.2, -0.15) is 0 Å². The van der Waals surface area contributed by atoms with E-state index in [1.807, 2.05) is 0 Å². The first kappa shape index (κ1) is 42.2. The molecule has 0 saturated carbocycles. The zero-order valence-electron chi connectivity index (χ0n) is 32.0. The minimum Gasteiger partial charge on any atom is -0.466 e. The summed E-state index contributed by atoms with van der Waals surface area (Å²) < 4.78 is 31.0. The molecule has 0 radical (unpaired) electrons. The van der Waals surface area contributed by atoms with Gasteiger partial charge in [-0.25, -0.2) is 23.8 Å². The molecule has 2 aliphatic heterocycles. The summed E-state index contributed by atoms with van der Waals surface area (Å²) in [7, 11) is 2.59. The standard InChI is InChI=1S/C20H25ClN2O5.C19H21N3O5/c1-4-28-20(25)18-15(11-27-10-9-22)23-12(2)16(19(24)26-3)17(18)13-7-5-6-8-14(13)21;1-9(2)26-19(24)15-11(4)20-10(3)14(18(23)25-5)16(15)12-7-6-8-13-17(12)22-27-21-13/h5-8,17,23H,4,9-11,22H2,1-3H3;6-9,16,20H,1-5H3. The average Bonchev–Trinajstić information content (AvgIpc) is 3.63. The Morgan fingerprint density at radius 2 is 1.38 bits per heavy atom. The van der Waals surface area contributed by atoms with Crippen LogP contribution in [-0.2, 0) is 42.9 Å². The van der Waals surface area contributed by atoms with Gasteiger partial charge in [-0.3, -0.25) is 0 Å². The monoisotopic (exact) mass is 779 g/mol. The molecule has 294 valence electrons. The summed E-state index contributed by atoms with van der Waals surface area (Å²) in [4.78, 5) is 50.9. The largest absolute Gasteiger partial charge is 0.466 e. The highest BCUT2D eigenvalue weighted by Gasteiger charge is 2.41. The smallest absolute Gasteiger partial charge is 0.337 e. The van der Waals surface area contributed by atoms with E-state index in [0.29, 0.717) is 79.8 Å². The van der Waals surface area contributed by atoms with Crippen LogP contribution < -0.4 is 16.4 Å². The Kier molecular flexibility index (Phi) is 14.7. The van der Waals surface area contributed by atoms with Crippen LogP contribution >= 0.6 is 11.6 Å². The van der Waals surface area contributed by atoms with E-state index in [9.17, 15) is 19.2 Å². The lowest BCUT2D eigenvalue weighted by Gasteiger charge is -2.31. The number of allylic oxidation sites excluding steroid dienone is 3.